The van der Waals surface area contributed by atoms with E-state index in [2.05, 4.69) is 4.74 Å². The molecule has 90 valence electrons. The van der Waals surface area contributed by atoms with E-state index >= 15 is 0 Å². The lowest BCUT2D eigenvalue weighted by Gasteiger charge is -2.03. The predicted octanol–water partition coefficient (Wildman–Crippen LogP) is 2.50. The first kappa shape index (κ1) is 12.9. The van der Waals surface area contributed by atoms with Gasteiger partial charge in [-0.15, -0.1) is 0 Å². The first-order chi connectivity index (χ1) is 8.10. The van der Waals surface area contributed by atoms with E-state index in [1.807, 2.05) is 0 Å². The third-order valence-corrected chi connectivity index (χ3v) is 2.28. The van der Waals surface area contributed by atoms with Crippen LogP contribution in [0.5, 0.6) is 0 Å². The predicted molar refractivity (Wildman–Crippen MR) is 63.0 cm³/mol. The summed E-state index contributed by atoms with van der Waals surface area (Å²) in [6, 6.07) is 6.61. The second-order valence-electron chi connectivity index (χ2n) is 3.33. The van der Waals surface area contributed by atoms with Gasteiger partial charge in [0, 0.05) is 12.5 Å². The SMILES string of the molecule is CCC(=Cc1ccccc1C(=O)OC)[N+](=O)[O-]. The van der Waals surface area contributed by atoms with Gasteiger partial charge in [0.05, 0.1) is 17.6 Å². The third-order valence-electron chi connectivity index (χ3n) is 2.28. The molecule has 0 amide bonds. The fourth-order valence-electron chi connectivity index (χ4n) is 1.38. The molecule has 0 saturated carbocycles. The van der Waals surface area contributed by atoms with Crippen LogP contribution in [0.1, 0.15) is 29.3 Å². The zero-order chi connectivity index (χ0) is 12.8. The molecule has 0 fully saturated rings. The molecule has 17 heavy (non-hydrogen) atoms. The van der Waals surface area contributed by atoms with Crippen molar-refractivity contribution in [2.45, 2.75) is 13.3 Å². The molecule has 0 aromatic heterocycles. The Hall–Kier alpha value is -2.17. The largest absolute Gasteiger partial charge is 0.465 e. The average molecular weight is 235 g/mol. The molecule has 0 atom stereocenters. The van der Waals surface area contributed by atoms with Crippen molar-refractivity contribution in [1.29, 1.82) is 0 Å². The Morgan fingerprint density at radius 2 is 2.12 bits per heavy atom. The maximum atomic E-state index is 11.5. The van der Waals surface area contributed by atoms with Gasteiger partial charge in [-0.2, -0.15) is 0 Å². The smallest absolute Gasteiger partial charge is 0.338 e. The molecule has 0 spiro atoms. The van der Waals surface area contributed by atoms with Crippen LogP contribution < -0.4 is 0 Å². The molecule has 0 bridgehead atoms. The summed E-state index contributed by atoms with van der Waals surface area (Å²) in [6.45, 7) is 1.69. The van der Waals surface area contributed by atoms with Crippen molar-refractivity contribution in [3.63, 3.8) is 0 Å². The Labute approximate surface area is 98.9 Å². The third kappa shape index (κ3) is 3.14. The van der Waals surface area contributed by atoms with Crippen LogP contribution in [0.2, 0.25) is 0 Å². The monoisotopic (exact) mass is 235 g/mol. The first-order valence-corrected chi connectivity index (χ1v) is 5.12. The second kappa shape index (κ2) is 5.79. The molecule has 0 aliphatic heterocycles. The molecule has 5 nitrogen and oxygen atoms in total. The maximum absolute atomic E-state index is 11.5. The number of rotatable bonds is 4. The van der Waals surface area contributed by atoms with Crippen LogP contribution in [0.25, 0.3) is 6.08 Å². The number of hydrogen-bond acceptors (Lipinski definition) is 4. The fourth-order valence-corrected chi connectivity index (χ4v) is 1.38. The zero-order valence-corrected chi connectivity index (χ0v) is 9.67. The number of methoxy groups -OCH3 is 1. The van der Waals surface area contributed by atoms with Crippen molar-refractivity contribution in [1.82, 2.24) is 0 Å². The van der Waals surface area contributed by atoms with Gasteiger partial charge in [0.1, 0.15) is 0 Å². The minimum absolute atomic E-state index is 0.0568. The molecule has 0 aliphatic carbocycles. The second-order valence-corrected chi connectivity index (χ2v) is 3.33. The zero-order valence-electron chi connectivity index (χ0n) is 9.67. The molecule has 0 radical (unpaired) electrons. The van der Waals surface area contributed by atoms with E-state index in [0.29, 0.717) is 17.5 Å². The molecular weight excluding hydrogens is 222 g/mol. The lowest BCUT2D eigenvalue weighted by atomic mass is 10.1. The van der Waals surface area contributed by atoms with E-state index in [1.165, 1.54) is 13.2 Å². The Balaban J connectivity index is 3.22. The van der Waals surface area contributed by atoms with Gasteiger partial charge in [-0.3, -0.25) is 10.1 Å². The molecule has 0 aliphatic rings. The standard InChI is InChI=1S/C12H13NO4/c1-3-10(13(15)16)8-9-6-4-5-7-11(9)12(14)17-2/h4-8H,3H2,1-2H3. The maximum Gasteiger partial charge on any atom is 0.338 e. The normalized spacial score (nSPS) is 11.1. The number of carbonyl (C=O) groups is 1. The molecule has 1 aromatic carbocycles. The van der Waals surface area contributed by atoms with E-state index < -0.39 is 10.9 Å². The van der Waals surface area contributed by atoms with Crippen LogP contribution in [0, 0.1) is 10.1 Å². The van der Waals surface area contributed by atoms with Crippen LogP contribution >= 0.6 is 0 Å². The van der Waals surface area contributed by atoms with Gasteiger partial charge in [0.25, 0.3) is 0 Å². The molecule has 1 rings (SSSR count). The number of carbonyl (C=O) groups excluding carboxylic acids is 1. The van der Waals surface area contributed by atoms with E-state index in [4.69, 9.17) is 0 Å². The van der Waals surface area contributed by atoms with Crippen LogP contribution in [-0.4, -0.2) is 18.0 Å². The summed E-state index contributed by atoms with van der Waals surface area (Å²) in [5, 5.41) is 10.7. The summed E-state index contributed by atoms with van der Waals surface area (Å²) >= 11 is 0. The van der Waals surface area contributed by atoms with Gasteiger partial charge >= 0.3 is 5.97 Å². The average Bonchev–Trinajstić information content (AvgIpc) is 2.35. The van der Waals surface area contributed by atoms with Gasteiger partial charge < -0.3 is 4.74 Å². The number of allylic oxidation sites excluding steroid dienone is 1. The van der Waals surface area contributed by atoms with Crippen molar-refractivity contribution in [2.75, 3.05) is 7.11 Å². The number of esters is 1. The highest BCUT2D eigenvalue weighted by Crippen LogP contribution is 2.16. The van der Waals surface area contributed by atoms with E-state index in [9.17, 15) is 14.9 Å². The topological polar surface area (TPSA) is 69.4 Å². The van der Waals surface area contributed by atoms with Gasteiger partial charge in [0.2, 0.25) is 5.70 Å². The summed E-state index contributed by atoms with van der Waals surface area (Å²) in [7, 11) is 1.27. The summed E-state index contributed by atoms with van der Waals surface area (Å²) < 4.78 is 4.61. The highest BCUT2D eigenvalue weighted by atomic mass is 16.6. The molecular formula is C12H13NO4. The van der Waals surface area contributed by atoms with E-state index in [1.54, 1.807) is 31.2 Å². The van der Waals surface area contributed by atoms with Gasteiger partial charge in [0.15, 0.2) is 0 Å². The fraction of sp³-hybridized carbons (Fsp3) is 0.250. The van der Waals surface area contributed by atoms with Crippen LogP contribution in [0.15, 0.2) is 30.0 Å². The highest BCUT2D eigenvalue weighted by Gasteiger charge is 2.13. The van der Waals surface area contributed by atoms with E-state index in [-0.39, 0.29) is 5.70 Å². The Bertz CT molecular complexity index is 465. The Kier molecular flexibility index (Phi) is 4.39. The first-order valence-electron chi connectivity index (χ1n) is 5.12. The molecule has 0 heterocycles. The summed E-state index contributed by atoms with van der Waals surface area (Å²) in [4.78, 5) is 21.7. The van der Waals surface area contributed by atoms with Crippen molar-refractivity contribution in [2.24, 2.45) is 0 Å². The van der Waals surface area contributed by atoms with Crippen LogP contribution in [0.4, 0.5) is 0 Å². The van der Waals surface area contributed by atoms with Crippen LogP contribution in [0.3, 0.4) is 0 Å². The molecule has 0 N–H and O–H groups in total. The van der Waals surface area contributed by atoms with E-state index in [0.717, 1.165) is 0 Å². The Morgan fingerprint density at radius 1 is 1.47 bits per heavy atom. The van der Waals surface area contributed by atoms with Crippen LogP contribution in [-0.2, 0) is 4.74 Å². The van der Waals surface area contributed by atoms with Gasteiger partial charge in [-0.1, -0.05) is 25.1 Å². The molecule has 0 unspecified atom stereocenters. The molecule has 0 saturated heterocycles. The number of hydrogen-bond donors (Lipinski definition) is 0. The Morgan fingerprint density at radius 3 is 2.65 bits per heavy atom. The number of ether oxygens (including phenoxy) is 1. The van der Waals surface area contributed by atoms with Crippen molar-refractivity contribution >= 4 is 12.0 Å². The van der Waals surface area contributed by atoms with Crippen molar-refractivity contribution in [3.8, 4) is 0 Å². The highest BCUT2D eigenvalue weighted by molar-refractivity contribution is 5.93. The number of nitro groups is 1. The minimum Gasteiger partial charge on any atom is -0.465 e. The minimum atomic E-state index is -0.504. The summed E-state index contributed by atoms with van der Waals surface area (Å²) in [6.07, 6.45) is 1.69. The van der Waals surface area contributed by atoms with Crippen molar-refractivity contribution < 1.29 is 14.5 Å². The van der Waals surface area contributed by atoms with Crippen molar-refractivity contribution in [3.05, 3.63) is 51.2 Å². The quantitative estimate of drug-likeness (QED) is 0.456. The molecule has 5 heteroatoms. The van der Waals surface area contributed by atoms with Gasteiger partial charge in [-0.25, -0.2) is 4.79 Å². The lowest BCUT2D eigenvalue weighted by molar-refractivity contribution is -0.425. The van der Waals surface area contributed by atoms with Gasteiger partial charge in [-0.05, 0) is 11.6 Å². The summed E-state index contributed by atoms with van der Waals surface area (Å²) in [5.74, 6) is -0.504. The summed E-state index contributed by atoms with van der Waals surface area (Å²) in [5.41, 5.74) is 0.872. The number of nitrogens with zero attached hydrogens (tertiary/aromatic N) is 1. The lowest BCUT2D eigenvalue weighted by Crippen LogP contribution is -2.04. The number of benzene rings is 1. The molecule has 1 aromatic rings.